The molecule has 6 nitrogen and oxygen atoms in total. The van der Waals surface area contributed by atoms with E-state index >= 15 is 0 Å². The van der Waals surface area contributed by atoms with E-state index in [0.717, 1.165) is 31.7 Å². The number of nitrogens with zero attached hydrogens (tertiary/aromatic N) is 3. The summed E-state index contributed by atoms with van der Waals surface area (Å²) in [5.74, 6) is 0.276. The Morgan fingerprint density at radius 2 is 1.86 bits per heavy atom. The molecule has 4 rings (SSSR count). The summed E-state index contributed by atoms with van der Waals surface area (Å²) in [6, 6.07) is 9.66. The van der Waals surface area contributed by atoms with Crippen LogP contribution in [0.25, 0.3) is 0 Å². The van der Waals surface area contributed by atoms with E-state index in [4.69, 9.17) is 0 Å². The Balaban J connectivity index is 1.31. The SMILES string of the molecule is O=C(Nc1ccc(N2CCCC2)cc1)c1ccnc(NCCC2=CCCCC2)n1. The molecule has 0 bridgehead atoms. The van der Waals surface area contributed by atoms with Gasteiger partial charge in [-0.1, -0.05) is 11.6 Å². The lowest BCUT2D eigenvalue weighted by Gasteiger charge is -2.17. The molecule has 1 fully saturated rings. The van der Waals surface area contributed by atoms with Gasteiger partial charge in [0.05, 0.1) is 0 Å². The van der Waals surface area contributed by atoms with Gasteiger partial charge in [0.1, 0.15) is 5.69 Å². The van der Waals surface area contributed by atoms with Crippen LogP contribution in [-0.2, 0) is 0 Å². The maximum absolute atomic E-state index is 12.6. The van der Waals surface area contributed by atoms with Crippen LogP contribution in [0.1, 0.15) is 55.4 Å². The number of amides is 1. The average molecular weight is 392 g/mol. The van der Waals surface area contributed by atoms with Gasteiger partial charge >= 0.3 is 0 Å². The molecule has 1 amide bonds. The molecule has 0 radical (unpaired) electrons. The van der Waals surface area contributed by atoms with Crippen molar-refractivity contribution in [3.8, 4) is 0 Å². The van der Waals surface area contributed by atoms with Gasteiger partial charge in [-0.15, -0.1) is 0 Å². The molecule has 2 heterocycles. The number of hydrogen-bond donors (Lipinski definition) is 2. The molecule has 1 aliphatic carbocycles. The third-order valence-corrected chi connectivity index (χ3v) is 5.60. The number of carbonyl (C=O) groups excluding carboxylic acids is 1. The van der Waals surface area contributed by atoms with E-state index in [2.05, 4.69) is 43.7 Å². The number of nitrogens with one attached hydrogen (secondary N) is 2. The van der Waals surface area contributed by atoms with E-state index < -0.39 is 0 Å². The summed E-state index contributed by atoms with van der Waals surface area (Å²) in [6.45, 7) is 3.01. The molecule has 29 heavy (non-hydrogen) atoms. The van der Waals surface area contributed by atoms with Gasteiger partial charge in [0.15, 0.2) is 0 Å². The number of allylic oxidation sites excluding steroid dienone is 1. The fraction of sp³-hybridized carbons (Fsp3) is 0.435. The van der Waals surface area contributed by atoms with Gasteiger partial charge < -0.3 is 15.5 Å². The van der Waals surface area contributed by atoms with Gasteiger partial charge in [-0.05, 0) is 75.3 Å². The average Bonchev–Trinajstić information content (AvgIpc) is 3.30. The molecule has 2 N–H and O–H groups in total. The Morgan fingerprint density at radius 1 is 1.03 bits per heavy atom. The molecule has 0 atom stereocenters. The minimum atomic E-state index is -0.223. The standard InChI is InChI=1S/C23H29N5O/c29-22(26-19-8-10-20(11-9-19)28-16-4-5-17-28)21-13-15-25-23(27-21)24-14-12-18-6-2-1-3-7-18/h6,8-11,13,15H,1-5,7,12,14,16-17H2,(H,26,29)(H,24,25,27). The van der Waals surface area contributed by atoms with Gasteiger partial charge in [-0.2, -0.15) is 0 Å². The van der Waals surface area contributed by atoms with E-state index in [9.17, 15) is 4.79 Å². The Hall–Kier alpha value is -2.89. The lowest BCUT2D eigenvalue weighted by Crippen LogP contribution is -2.18. The highest BCUT2D eigenvalue weighted by atomic mass is 16.1. The van der Waals surface area contributed by atoms with Crippen molar-refractivity contribution in [2.75, 3.05) is 35.2 Å². The summed E-state index contributed by atoms with van der Waals surface area (Å²) in [6.07, 6.45) is 12.5. The first-order chi connectivity index (χ1) is 14.3. The van der Waals surface area contributed by atoms with Crippen LogP contribution >= 0.6 is 0 Å². The van der Waals surface area contributed by atoms with Crippen molar-refractivity contribution in [1.29, 1.82) is 0 Å². The molecule has 6 heteroatoms. The van der Waals surface area contributed by atoms with Crippen molar-refractivity contribution >= 4 is 23.2 Å². The number of rotatable bonds is 7. The summed E-state index contributed by atoms with van der Waals surface area (Å²) in [4.78, 5) is 23.6. The third-order valence-electron chi connectivity index (χ3n) is 5.60. The zero-order valence-electron chi connectivity index (χ0n) is 16.9. The number of aromatic nitrogens is 2. The maximum Gasteiger partial charge on any atom is 0.274 e. The van der Waals surface area contributed by atoms with E-state index in [0.29, 0.717) is 11.6 Å². The molecule has 1 aromatic carbocycles. The zero-order chi connectivity index (χ0) is 19.9. The van der Waals surface area contributed by atoms with Crippen LogP contribution in [0.5, 0.6) is 0 Å². The van der Waals surface area contributed by atoms with Crippen LogP contribution in [0.2, 0.25) is 0 Å². The van der Waals surface area contributed by atoms with Crippen LogP contribution in [0.4, 0.5) is 17.3 Å². The van der Waals surface area contributed by atoms with Gasteiger partial charge in [0.2, 0.25) is 5.95 Å². The molecule has 2 aliphatic rings. The van der Waals surface area contributed by atoms with Crippen molar-refractivity contribution in [1.82, 2.24) is 9.97 Å². The summed E-state index contributed by atoms with van der Waals surface area (Å²) >= 11 is 0. The first-order valence-electron chi connectivity index (χ1n) is 10.7. The topological polar surface area (TPSA) is 70.2 Å². The molecule has 1 saturated heterocycles. The van der Waals surface area contributed by atoms with Crippen LogP contribution < -0.4 is 15.5 Å². The Morgan fingerprint density at radius 3 is 2.62 bits per heavy atom. The van der Waals surface area contributed by atoms with E-state index in [-0.39, 0.29) is 5.91 Å². The second kappa shape index (κ2) is 9.54. The quantitative estimate of drug-likeness (QED) is 0.673. The molecule has 0 spiro atoms. The number of benzene rings is 1. The van der Waals surface area contributed by atoms with Crippen LogP contribution in [0.3, 0.4) is 0 Å². The van der Waals surface area contributed by atoms with Gasteiger partial charge in [-0.25, -0.2) is 9.97 Å². The van der Waals surface area contributed by atoms with Crippen LogP contribution in [0, 0.1) is 0 Å². The molecule has 1 aliphatic heterocycles. The fourth-order valence-corrected chi connectivity index (χ4v) is 3.96. The van der Waals surface area contributed by atoms with Crippen LogP contribution in [0.15, 0.2) is 48.2 Å². The fourth-order valence-electron chi connectivity index (χ4n) is 3.96. The van der Waals surface area contributed by atoms with E-state index in [1.54, 1.807) is 12.3 Å². The van der Waals surface area contributed by atoms with Crippen molar-refractivity contribution in [3.63, 3.8) is 0 Å². The van der Waals surface area contributed by atoms with E-state index in [1.165, 1.54) is 49.8 Å². The third kappa shape index (κ3) is 5.34. The van der Waals surface area contributed by atoms with Gasteiger partial charge in [-0.3, -0.25) is 4.79 Å². The smallest absolute Gasteiger partial charge is 0.274 e. The second-order valence-corrected chi connectivity index (χ2v) is 7.75. The molecule has 152 valence electrons. The summed E-state index contributed by atoms with van der Waals surface area (Å²) in [5.41, 5.74) is 3.86. The van der Waals surface area contributed by atoms with Gasteiger partial charge in [0.25, 0.3) is 5.91 Å². The first-order valence-corrected chi connectivity index (χ1v) is 10.7. The summed E-state index contributed by atoms with van der Waals surface area (Å²) in [5, 5.41) is 6.17. The highest BCUT2D eigenvalue weighted by Crippen LogP contribution is 2.22. The van der Waals surface area contributed by atoms with Crippen molar-refractivity contribution in [2.45, 2.75) is 44.9 Å². The van der Waals surface area contributed by atoms with E-state index in [1.807, 2.05) is 12.1 Å². The monoisotopic (exact) mass is 391 g/mol. The molecular weight excluding hydrogens is 362 g/mol. The molecular formula is C23H29N5O. The summed E-state index contributed by atoms with van der Waals surface area (Å²) in [7, 11) is 0. The maximum atomic E-state index is 12.6. The Kier molecular flexibility index (Phi) is 6.39. The summed E-state index contributed by atoms with van der Waals surface area (Å²) < 4.78 is 0. The molecule has 0 unspecified atom stereocenters. The lowest BCUT2D eigenvalue weighted by atomic mass is 9.97. The number of anilines is 3. The predicted molar refractivity (Wildman–Crippen MR) is 118 cm³/mol. The number of carbonyl (C=O) groups is 1. The largest absolute Gasteiger partial charge is 0.372 e. The second-order valence-electron chi connectivity index (χ2n) is 7.75. The normalized spacial score (nSPS) is 16.4. The van der Waals surface area contributed by atoms with Crippen molar-refractivity contribution in [2.24, 2.45) is 0 Å². The minimum absolute atomic E-state index is 0.223. The van der Waals surface area contributed by atoms with Crippen molar-refractivity contribution < 1.29 is 4.79 Å². The number of hydrogen-bond acceptors (Lipinski definition) is 5. The highest BCUT2D eigenvalue weighted by molar-refractivity contribution is 6.03. The first kappa shape index (κ1) is 19.4. The van der Waals surface area contributed by atoms with Crippen molar-refractivity contribution in [3.05, 3.63) is 53.9 Å². The Bertz CT molecular complexity index is 856. The minimum Gasteiger partial charge on any atom is -0.372 e. The van der Waals surface area contributed by atoms with Gasteiger partial charge in [0, 0.05) is 37.2 Å². The zero-order valence-corrected chi connectivity index (χ0v) is 16.9. The molecule has 0 saturated carbocycles. The highest BCUT2D eigenvalue weighted by Gasteiger charge is 2.13. The molecule has 1 aromatic heterocycles. The predicted octanol–water partition coefficient (Wildman–Crippen LogP) is 4.63. The Labute approximate surface area is 172 Å². The van der Waals surface area contributed by atoms with Crippen LogP contribution in [-0.4, -0.2) is 35.5 Å². The molecule has 2 aromatic rings. The lowest BCUT2D eigenvalue weighted by molar-refractivity contribution is 0.102.